The number of amides is 2. The second-order valence-corrected chi connectivity index (χ2v) is 14.8. The number of anilines is 2. The molecule has 2 heterocycles. The van der Waals surface area contributed by atoms with E-state index in [1.165, 1.54) is 10.0 Å². The molecule has 2 amide bonds. The molecule has 0 spiro atoms. The van der Waals surface area contributed by atoms with Crippen LogP contribution in [0.4, 0.5) is 11.4 Å². The molecule has 8 nitrogen and oxygen atoms in total. The average Bonchev–Trinajstić information content (AvgIpc) is 3.67. The lowest BCUT2D eigenvalue weighted by atomic mass is 9.99. The van der Waals surface area contributed by atoms with E-state index in [4.69, 9.17) is 4.42 Å². The van der Waals surface area contributed by atoms with Gasteiger partial charge in [0.15, 0.2) is 5.78 Å². The molecule has 1 aliphatic rings. The van der Waals surface area contributed by atoms with Crippen molar-refractivity contribution >= 4 is 82.6 Å². The van der Waals surface area contributed by atoms with Gasteiger partial charge in [-0.05, 0) is 92.9 Å². The summed E-state index contributed by atoms with van der Waals surface area (Å²) in [5.41, 5.74) is 3.03. The van der Waals surface area contributed by atoms with Gasteiger partial charge in [-0.25, -0.2) is 10.0 Å². The van der Waals surface area contributed by atoms with E-state index in [0.29, 0.717) is 54.1 Å². The highest BCUT2D eigenvalue weighted by atomic mass is 79.9. The molecule has 258 valence electrons. The minimum Gasteiger partial charge on any atom is -0.506 e. The summed E-state index contributed by atoms with van der Waals surface area (Å²) < 4.78 is 19.3. The molecule has 1 atom stereocenters. The van der Waals surface area contributed by atoms with Gasteiger partial charge in [0.1, 0.15) is 23.0 Å². The van der Waals surface area contributed by atoms with E-state index in [9.17, 15) is 23.7 Å². The number of ketones is 1. The van der Waals surface area contributed by atoms with Crippen molar-refractivity contribution in [3.8, 4) is 5.75 Å². The lowest BCUT2D eigenvalue weighted by Crippen LogP contribution is -2.41. The summed E-state index contributed by atoms with van der Waals surface area (Å²) in [4.78, 5) is 40.1. The van der Waals surface area contributed by atoms with Crippen LogP contribution in [0.3, 0.4) is 0 Å². The molecule has 1 N–H and O–H groups in total. The minimum absolute atomic E-state index is 0.0734. The molecule has 1 unspecified atom stereocenters. The molecule has 6 aromatic rings. The van der Waals surface area contributed by atoms with Crippen molar-refractivity contribution in [2.24, 2.45) is 5.92 Å². The molecule has 5 aromatic carbocycles. The van der Waals surface area contributed by atoms with Gasteiger partial charge in [0, 0.05) is 28.0 Å². The number of fused-ring (bicyclic) bond motifs is 1. The highest BCUT2D eigenvalue weighted by molar-refractivity contribution is 9.11. The lowest BCUT2D eigenvalue weighted by molar-refractivity contribution is -0.127. The van der Waals surface area contributed by atoms with E-state index in [2.05, 4.69) is 31.9 Å². The zero-order chi connectivity index (χ0) is 36.1. The maximum atomic E-state index is 13.2. The standard InChI is InChI=1S/C23H20N2O3S.C17H12Br2O3/c26-22-21(16-17-29(28)20-14-8-3-9-15-20)23(27)25(19-12-6-2-7-13-19)24(22)18-10-4-1-5-11-18;1-2-13-15(10-5-3-4-6-14(10)22-13)16(20)9-7-11(18)17(21)12(19)8-9/h1-15,21H,16-17H2;3-8,21H,2H2,1H3. The second-order valence-electron chi connectivity index (χ2n) is 11.5. The van der Waals surface area contributed by atoms with Gasteiger partial charge in [-0.3, -0.25) is 18.6 Å². The second kappa shape index (κ2) is 16.0. The monoisotopic (exact) mass is 826 g/mol. The van der Waals surface area contributed by atoms with E-state index >= 15 is 0 Å². The SMILES string of the molecule is CCc1oc2ccccc2c1C(=O)c1cc(Br)c(O)c(Br)c1.O=C1C(CCS(=O)c2ccccc2)C(=O)N(c2ccccc2)N1c1ccccc1. The maximum Gasteiger partial charge on any atom is 0.258 e. The Hall–Kier alpha value is -4.84. The Kier molecular flexibility index (Phi) is 11.3. The number of furan rings is 1. The molecule has 51 heavy (non-hydrogen) atoms. The van der Waals surface area contributed by atoms with Crippen molar-refractivity contribution in [1.82, 2.24) is 0 Å². The molecule has 1 saturated heterocycles. The van der Waals surface area contributed by atoms with Gasteiger partial charge in [-0.1, -0.05) is 79.7 Å². The number of hydrogen-bond acceptors (Lipinski definition) is 6. The number of aromatic hydroxyl groups is 1. The third kappa shape index (κ3) is 7.61. The molecule has 1 aliphatic heterocycles. The normalized spacial score (nSPS) is 13.7. The topological polar surface area (TPSA) is 108 Å². The van der Waals surface area contributed by atoms with Gasteiger partial charge in [-0.15, -0.1) is 0 Å². The third-order valence-electron chi connectivity index (χ3n) is 8.31. The highest BCUT2D eigenvalue weighted by Crippen LogP contribution is 2.36. The summed E-state index contributed by atoms with van der Waals surface area (Å²) in [5.74, 6) is -0.579. The van der Waals surface area contributed by atoms with Crippen LogP contribution in [0.2, 0.25) is 0 Å². The number of phenolic OH excluding ortho intramolecular Hbond substituents is 1. The number of benzene rings is 5. The largest absolute Gasteiger partial charge is 0.506 e. The number of nitrogens with zero attached hydrogens (tertiary/aromatic N) is 2. The molecule has 11 heteroatoms. The van der Waals surface area contributed by atoms with Gasteiger partial charge in [0.25, 0.3) is 11.8 Å². The minimum atomic E-state index is -1.26. The fourth-order valence-corrected chi connectivity index (χ4v) is 8.15. The van der Waals surface area contributed by atoms with E-state index in [0.717, 1.165) is 5.39 Å². The molecule has 0 saturated carbocycles. The van der Waals surface area contributed by atoms with Crippen molar-refractivity contribution in [2.75, 3.05) is 15.8 Å². The Morgan fingerprint density at radius 3 is 1.78 bits per heavy atom. The first-order valence-corrected chi connectivity index (χ1v) is 19.0. The van der Waals surface area contributed by atoms with Gasteiger partial charge in [0.2, 0.25) is 0 Å². The van der Waals surface area contributed by atoms with E-state index in [-0.39, 0.29) is 35.5 Å². The maximum absolute atomic E-state index is 13.2. The number of para-hydroxylation sites is 3. The summed E-state index contributed by atoms with van der Waals surface area (Å²) in [6.45, 7) is 1.96. The Labute approximate surface area is 314 Å². The van der Waals surface area contributed by atoms with Crippen molar-refractivity contribution in [3.63, 3.8) is 0 Å². The van der Waals surface area contributed by atoms with Gasteiger partial charge >= 0.3 is 0 Å². The Balaban J connectivity index is 0.000000183. The average molecular weight is 829 g/mol. The predicted molar refractivity (Wildman–Crippen MR) is 206 cm³/mol. The first-order valence-electron chi connectivity index (χ1n) is 16.1. The van der Waals surface area contributed by atoms with Crippen molar-refractivity contribution in [2.45, 2.75) is 24.7 Å². The van der Waals surface area contributed by atoms with Crippen molar-refractivity contribution in [1.29, 1.82) is 0 Å². The number of halogens is 2. The molecule has 0 radical (unpaired) electrons. The van der Waals surface area contributed by atoms with Crippen molar-refractivity contribution < 1.29 is 28.1 Å². The molecule has 1 fully saturated rings. The van der Waals surface area contributed by atoms with Crippen LogP contribution in [-0.4, -0.2) is 32.7 Å². The summed E-state index contributed by atoms with van der Waals surface area (Å²) in [5, 5.41) is 13.5. The molecule has 1 aromatic heterocycles. The van der Waals surface area contributed by atoms with Gasteiger partial charge in [0.05, 0.1) is 36.7 Å². The fourth-order valence-electron chi connectivity index (χ4n) is 5.82. The lowest BCUT2D eigenvalue weighted by Gasteiger charge is -2.27. The van der Waals surface area contributed by atoms with Crippen LogP contribution in [0.15, 0.2) is 146 Å². The van der Waals surface area contributed by atoms with E-state index in [1.807, 2.05) is 85.8 Å². The number of phenols is 1. The zero-order valence-electron chi connectivity index (χ0n) is 27.4. The number of carbonyl (C=O) groups excluding carboxylic acids is 3. The summed E-state index contributed by atoms with van der Waals surface area (Å²) in [6.07, 6.45) is 0.863. The van der Waals surface area contributed by atoms with Crippen LogP contribution in [0.1, 0.15) is 35.0 Å². The van der Waals surface area contributed by atoms with Crippen molar-refractivity contribution in [3.05, 3.63) is 153 Å². The number of hydrogen-bond donors (Lipinski definition) is 1. The first kappa shape index (κ1) is 36.0. The number of carbonyl (C=O) groups is 3. The van der Waals surface area contributed by atoms with Crippen LogP contribution in [-0.2, 0) is 26.8 Å². The number of hydrazine groups is 1. The number of rotatable bonds is 9. The van der Waals surface area contributed by atoms with Crippen LogP contribution in [0.25, 0.3) is 11.0 Å². The Morgan fingerprint density at radius 2 is 1.25 bits per heavy atom. The molecular weight excluding hydrogens is 796 g/mol. The van der Waals surface area contributed by atoms with Gasteiger partial charge in [-0.2, -0.15) is 0 Å². The van der Waals surface area contributed by atoms with Gasteiger partial charge < -0.3 is 9.52 Å². The first-order chi connectivity index (χ1) is 24.7. The molecular formula is C40H32Br2N2O6S. The molecule has 0 aliphatic carbocycles. The highest BCUT2D eigenvalue weighted by Gasteiger charge is 2.46. The van der Waals surface area contributed by atoms with Crippen LogP contribution >= 0.6 is 31.9 Å². The quantitative estimate of drug-likeness (QED) is 0.115. The summed E-state index contributed by atoms with van der Waals surface area (Å²) in [6, 6.07) is 38.1. The van der Waals surface area contributed by atoms with E-state index in [1.54, 1.807) is 48.5 Å². The summed E-state index contributed by atoms with van der Waals surface area (Å²) in [7, 11) is -1.26. The molecule has 0 bridgehead atoms. The predicted octanol–water partition coefficient (Wildman–Crippen LogP) is 9.25. The Bertz CT molecular complexity index is 2150. The zero-order valence-corrected chi connectivity index (χ0v) is 31.4. The van der Waals surface area contributed by atoms with Crippen LogP contribution < -0.4 is 10.0 Å². The number of aryl methyl sites for hydroxylation is 1. The van der Waals surface area contributed by atoms with Crippen LogP contribution in [0.5, 0.6) is 5.75 Å². The van der Waals surface area contributed by atoms with E-state index < -0.39 is 16.7 Å². The fraction of sp³-hybridized carbons (Fsp3) is 0.125. The Morgan fingerprint density at radius 1 is 0.765 bits per heavy atom. The third-order valence-corrected chi connectivity index (χ3v) is 10.9. The summed E-state index contributed by atoms with van der Waals surface area (Å²) >= 11 is 6.52. The van der Waals surface area contributed by atoms with Crippen LogP contribution in [0, 0.1) is 5.92 Å². The molecule has 7 rings (SSSR count). The smallest absolute Gasteiger partial charge is 0.258 e.